The molecule has 0 N–H and O–H groups in total. The third kappa shape index (κ3) is 2.84. The molecule has 2 rings (SSSR count). The smallest absolute Gasteiger partial charge is 0.207 e. The molecule has 0 radical (unpaired) electrons. The van der Waals surface area contributed by atoms with Gasteiger partial charge >= 0.3 is 0 Å². The van der Waals surface area contributed by atoms with E-state index in [-0.39, 0.29) is 6.04 Å². The van der Waals surface area contributed by atoms with Crippen molar-refractivity contribution in [1.29, 1.82) is 0 Å². The first-order chi connectivity index (χ1) is 8.87. The molecule has 1 saturated carbocycles. The summed E-state index contributed by atoms with van der Waals surface area (Å²) in [5.41, 5.74) is 1.71. The van der Waals surface area contributed by atoms with Gasteiger partial charge in [0, 0.05) is 23.4 Å². The van der Waals surface area contributed by atoms with Crippen molar-refractivity contribution >= 4 is 37.6 Å². The molecule has 0 unspecified atom stereocenters. The average molecular weight is 367 g/mol. The fourth-order valence-corrected chi connectivity index (χ4v) is 4.77. The number of halogens is 2. The lowest BCUT2D eigenvalue weighted by Gasteiger charge is -2.34. The van der Waals surface area contributed by atoms with Crippen molar-refractivity contribution in [2.75, 3.05) is 7.05 Å². The second kappa shape index (κ2) is 5.72. The van der Waals surface area contributed by atoms with Crippen molar-refractivity contribution in [3.8, 4) is 0 Å². The molecule has 1 aliphatic carbocycles. The lowest BCUT2D eigenvalue weighted by atomic mass is 9.94. The minimum atomic E-state index is -3.46. The number of hydrogen-bond donors (Lipinski definition) is 0. The van der Waals surface area contributed by atoms with Gasteiger partial charge in [0.25, 0.3) is 0 Å². The van der Waals surface area contributed by atoms with Crippen LogP contribution < -0.4 is 0 Å². The number of aryl methyl sites for hydroxylation is 1. The number of hydrogen-bond acceptors (Lipinski definition) is 2. The molecule has 0 atom stereocenters. The minimum Gasteiger partial charge on any atom is -0.207 e. The van der Waals surface area contributed by atoms with Gasteiger partial charge < -0.3 is 0 Å². The van der Waals surface area contributed by atoms with Gasteiger partial charge in [-0.15, -0.1) is 11.6 Å². The molecule has 0 amide bonds. The summed E-state index contributed by atoms with van der Waals surface area (Å²) in [5.74, 6) is 0.309. The molecule has 19 heavy (non-hydrogen) atoms. The van der Waals surface area contributed by atoms with Gasteiger partial charge in [0.15, 0.2) is 0 Å². The summed E-state index contributed by atoms with van der Waals surface area (Å²) >= 11 is 9.22. The quantitative estimate of drug-likeness (QED) is 0.762. The van der Waals surface area contributed by atoms with Crippen LogP contribution in [0.5, 0.6) is 0 Å². The van der Waals surface area contributed by atoms with Gasteiger partial charge in [-0.05, 0) is 52.9 Å². The van der Waals surface area contributed by atoms with Gasteiger partial charge in [-0.2, -0.15) is 4.31 Å². The maximum atomic E-state index is 12.7. The summed E-state index contributed by atoms with van der Waals surface area (Å²) in [6.07, 6.45) is 3.00. The zero-order valence-corrected chi connectivity index (χ0v) is 14.1. The van der Waals surface area contributed by atoms with E-state index in [1.54, 1.807) is 13.1 Å². The van der Waals surface area contributed by atoms with Crippen LogP contribution in [0.3, 0.4) is 0 Å². The number of alkyl halides is 1. The fraction of sp³-hybridized carbons (Fsp3) is 0.538. The Morgan fingerprint density at radius 3 is 2.53 bits per heavy atom. The molecular weight excluding hydrogens is 350 g/mol. The first kappa shape index (κ1) is 15.3. The van der Waals surface area contributed by atoms with Gasteiger partial charge in [0.2, 0.25) is 10.0 Å². The molecule has 1 aromatic carbocycles. The molecule has 0 spiro atoms. The second-order valence-corrected chi connectivity index (χ2v) is 7.99. The lowest BCUT2D eigenvalue weighted by Crippen LogP contribution is -2.41. The predicted octanol–water partition coefficient (Wildman–Crippen LogP) is 3.67. The van der Waals surface area contributed by atoms with Gasteiger partial charge in [0.1, 0.15) is 0 Å². The van der Waals surface area contributed by atoms with E-state index in [0.717, 1.165) is 30.4 Å². The number of sulfonamides is 1. The molecule has 0 heterocycles. The molecule has 0 aromatic heterocycles. The normalized spacial score (nSPS) is 16.7. The molecule has 0 aliphatic heterocycles. The van der Waals surface area contributed by atoms with E-state index in [1.807, 2.05) is 13.0 Å². The molecule has 0 bridgehead atoms. The van der Waals surface area contributed by atoms with E-state index in [4.69, 9.17) is 11.6 Å². The van der Waals surface area contributed by atoms with Crippen LogP contribution in [-0.4, -0.2) is 25.8 Å². The molecule has 1 fully saturated rings. The fourth-order valence-electron chi connectivity index (χ4n) is 2.18. The highest BCUT2D eigenvalue weighted by Crippen LogP contribution is 2.33. The number of rotatable bonds is 4. The third-order valence-electron chi connectivity index (χ3n) is 3.68. The Hall–Kier alpha value is -0.100. The summed E-state index contributed by atoms with van der Waals surface area (Å²) in [6, 6.07) is 3.70. The third-order valence-corrected chi connectivity index (χ3v) is 7.24. The summed E-state index contributed by atoms with van der Waals surface area (Å²) in [4.78, 5) is 0.317. The summed E-state index contributed by atoms with van der Waals surface area (Å²) < 4.78 is 27.4. The Balaban J connectivity index is 2.47. The second-order valence-electron chi connectivity index (χ2n) is 4.96. The molecule has 1 aromatic rings. The Morgan fingerprint density at radius 1 is 1.42 bits per heavy atom. The maximum absolute atomic E-state index is 12.7. The molecule has 1 aliphatic rings. The van der Waals surface area contributed by atoms with Crippen molar-refractivity contribution in [2.24, 2.45) is 0 Å². The zero-order chi connectivity index (χ0) is 14.2. The van der Waals surface area contributed by atoms with Crippen molar-refractivity contribution in [3.63, 3.8) is 0 Å². The maximum Gasteiger partial charge on any atom is 0.244 e. The van der Waals surface area contributed by atoms with Crippen molar-refractivity contribution in [3.05, 3.63) is 27.7 Å². The van der Waals surface area contributed by atoms with Crippen LogP contribution in [0.2, 0.25) is 0 Å². The SMILES string of the molecule is Cc1cc(CCl)cc(S(=O)(=O)N(C)C2CCC2)c1Br. The minimum absolute atomic E-state index is 0.136. The predicted molar refractivity (Wildman–Crippen MR) is 81.0 cm³/mol. The number of nitrogens with zero attached hydrogens (tertiary/aromatic N) is 1. The molecule has 106 valence electrons. The summed E-state index contributed by atoms with van der Waals surface area (Å²) in [6.45, 7) is 1.88. The van der Waals surface area contributed by atoms with Crippen LogP contribution in [0.15, 0.2) is 21.5 Å². The van der Waals surface area contributed by atoms with E-state index in [2.05, 4.69) is 15.9 Å². The van der Waals surface area contributed by atoms with Gasteiger partial charge in [-0.25, -0.2) is 8.42 Å². The monoisotopic (exact) mass is 365 g/mol. The van der Waals surface area contributed by atoms with E-state index >= 15 is 0 Å². The van der Waals surface area contributed by atoms with Gasteiger partial charge in [-0.3, -0.25) is 0 Å². The topological polar surface area (TPSA) is 37.4 Å². The van der Waals surface area contributed by atoms with E-state index < -0.39 is 10.0 Å². The van der Waals surface area contributed by atoms with Crippen molar-refractivity contribution in [2.45, 2.75) is 43.0 Å². The largest absolute Gasteiger partial charge is 0.244 e. The van der Waals surface area contributed by atoms with E-state index in [1.165, 1.54) is 4.31 Å². The lowest BCUT2D eigenvalue weighted by molar-refractivity contribution is 0.249. The van der Waals surface area contributed by atoms with E-state index in [9.17, 15) is 8.42 Å². The van der Waals surface area contributed by atoms with Gasteiger partial charge in [0.05, 0.1) is 4.90 Å². The summed E-state index contributed by atoms with van der Waals surface area (Å²) in [7, 11) is -1.80. The first-order valence-corrected chi connectivity index (χ1v) is 8.97. The van der Waals surface area contributed by atoms with Crippen LogP contribution >= 0.6 is 27.5 Å². The summed E-state index contributed by atoms with van der Waals surface area (Å²) in [5, 5.41) is 0. The highest BCUT2D eigenvalue weighted by molar-refractivity contribution is 9.10. The molecule has 3 nitrogen and oxygen atoms in total. The first-order valence-electron chi connectivity index (χ1n) is 6.21. The Labute approximate surface area is 128 Å². The van der Waals surface area contributed by atoms with Crippen LogP contribution in [0.25, 0.3) is 0 Å². The number of benzene rings is 1. The highest BCUT2D eigenvalue weighted by atomic mass is 79.9. The highest BCUT2D eigenvalue weighted by Gasteiger charge is 2.33. The molecule has 0 saturated heterocycles. The molecule has 6 heteroatoms. The van der Waals surface area contributed by atoms with Crippen LogP contribution in [0.1, 0.15) is 30.4 Å². The zero-order valence-electron chi connectivity index (χ0n) is 11.0. The van der Waals surface area contributed by atoms with Crippen molar-refractivity contribution in [1.82, 2.24) is 4.31 Å². The Bertz CT molecular complexity index is 585. The van der Waals surface area contributed by atoms with Gasteiger partial charge in [-0.1, -0.05) is 12.5 Å². The van der Waals surface area contributed by atoms with Crippen LogP contribution in [-0.2, 0) is 15.9 Å². The van der Waals surface area contributed by atoms with Crippen LogP contribution in [0.4, 0.5) is 0 Å². The molecular formula is C13H17BrClNO2S. The Morgan fingerprint density at radius 2 is 2.05 bits per heavy atom. The van der Waals surface area contributed by atoms with Crippen LogP contribution in [0, 0.1) is 6.92 Å². The standard InChI is InChI=1S/C13H17BrClNO2S/c1-9-6-10(8-15)7-12(13(9)14)19(17,18)16(2)11-4-3-5-11/h6-7,11H,3-5,8H2,1-2H3. The average Bonchev–Trinajstić information content (AvgIpc) is 2.29. The Kier molecular flexibility index (Phi) is 4.60. The van der Waals surface area contributed by atoms with Crippen molar-refractivity contribution < 1.29 is 8.42 Å². The van der Waals surface area contributed by atoms with E-state index in [0.29, 0.717) is 15.2 Å².